The van der Waals surface area contributed by atoms with E-state index in [1.54, 1.807) is 6.33 Å². The maximum absolute atomic E-state index is 4.30. The highest BCUT2D eigenvalue weighted by molar-refractivity contribution is 6.00. The number of rotatable bonds is 0. The highest BCUT2D eigenvalue weighted by atomic mass is 15.1. The Morgan fingerprint density at radius 2 is 2.07 bits per heavy atom. The van der Waals surface area contributed by atoms with Gasteiger partial charge in [-0.2, -0.15) is 5.11 Å². The van der Waals surface area contributed by atoms with E-state index in [4.69, 9.17) is 0 Å². The van der Waals surface area contributed by atoms with Crippen molar-refractivity contribution < 1.29 is 0 Å². The summed E-state index contributed by atoms with van der Waals surface area (Å²) < 4.78 is 0. The molecular formula is C11H6N4. The van der Waals surface area contributed by atoms with Crippen molar-refractivity contribution in [3.05, 3.63) is 35.8 Å². The van der Waals surface area contributed by atoms with Gasteiger partial charge in [0.05, 0.1) is 22.6 Å². The number of allylic oxidation sites excluding steroid dienone is 1. The molecule has 0 amide bonds. The van der Waals surface area contributed by atoms with Crippen LogP contribution in [0.15, 0.2) is 34.8 Å². The van der Waals surface area contributed by atoms with Gasteiger partial charge in [0, 0.05) is 17.4 Å². The molecule has 0 bridgehead atoms. The molecule has 4 rings (SSSR count). The molecule has 1 aliphatic carbocycles. The molecule has 2 heterocycles. The van der Waals surface area contributed by atoms with Crippen molar-refractivity contribution in [2.24, 2.45) is 10.2 Å². The Labute approximate surface area is 85.4 Å². The quantitative estimate of drug-likeness (QED) is 0.647. The number of hydrogen-bond acceptors (Lipinski definition) is 4. The van der Waals surface area contributed by atoms with Crippen LogP contribution in [0.4, 0.5) is 5.69 Å². The lowest BCUT2D eigenvalue weighted by atomic mass is 9.96. The van der Waals surface area contributed by atoms with Gasteiger partial charge in [0.1, 0.15) is 6.33 Å². The molecule has 2 aliphatic rings. The average molecular weight is 194 g/mol. The average Bonchev–Trinajstić information content (AvgIpc) is 2.71. The van der Waals surface area contributed by atoms with Crippen LogP contribution >= 0.6 is 0 Å². The van der Waals surface area contributed by atoms with Gasteiger partial charge in [-0.3, -0.25) is 0 Å². The summed E-state index contributed by atoms with van der Waals surface area (Å²) in [4.78, 5) is 8.57. The summed E-state index contributed by atoms with van der Waals surface area (Å²) in [6.45, 7) is 0. The zero-order valence-corrected chi connectivity index (χ0v) is 7.81. The lowest BCUT2D eigenvalue weighted by molar-refractivity contribution is 1.08. The van der Waals surface area contributed by atoms with Crippen LogP contribution in [0.1, 0.15) is 11.3 Å². The second-order valence-corrected chi connectivity index (χ2v) is 3.67. The van der Waals surface area contributed by atoms with Crippen LogP contribution in [-0.4, -0.2) is 9.97 Å². The van der Waals surface area contributed by atoms with E-state index in [1.165, 1.54) is 0 Å². The van der Waals surface area contributed by atoms with Gasteiger partial charge < -0.3 is 0 Å². The van der Waals surface area contributed by atoms with Crippen LogP contribution in [0, 0.1) is 0 Å². The standard InChI is InChI=1S/C11H6N4/c1-3-8-11-9(15-14-8)4-2-7-10(11)6(1)12-5-13-7/h1,3-5H,2H2. The van der Waals surface area contributed by atoms with Gasteiger partial charge >= 0.3 is 0 Å². The molecule has 0 N–H and O–H groups in total. The first kappa shape index (κ1) is 7.23. The Kier molecular flexibility index (Phi) is 1.10. The van der Waals surface area contributed by atoms with Crippen LogP contribution in [0.5, 0.6) is 0 Å². The van der Waals surface area contributed by atoms with E-state index in [-0.39, 0.29) is 0 Å². The van der Waals surface area contributed by atoms with Gasteiger partial charge in [-0.15, -0.1) is 5.11 Å². The minimum Gasteiger partial charge on any atom is -0.240 e. The number of benzene rings is 1. The molecule has 1 aliphatic heterocycles. The van der Waals surface area contributed by atoms with Gasteiger partial charge in [-0.1, -0.05) is 6.08 Å². The Bertz CT molecular complexity index is 655. The summed E-state index contributed by atoms with van der Waals surface area (Å²) in [7, 11) is 0. The van der Waals surface area contributed by atoms with Crippen molar-refractivity contribution in [3.8, 4) is 0 Å². The summed E-state index contributed by atoms with van der Waals surface area (Å²) in [5.74, 6) is 0. The summed E-state index contributed by atoms with van der Waals surface area (Å²) in [6, 6.07) is 3.94. The molecule has 0 unspecified atom stereocenters. The Morgan fingerprint density at radius 3 is 3.07 bits per heavy atom. The monoisotopic (exact) mass is 194 g/mol. The predicted molar refractivity (Wildman–Crippen MR) is 55.7 cm³/mol. The number of azo groups is 1. The smallest absolute Gasteiger partial charge is 0.116 e. The topological polar surface area (TPSA) is 50.5 Å². The molecular weight excluding hydrogens is 188 g/mol. The molecule has 0 fully saturated rings. The molecule has 0 saturated carbocycles. The van der Waals surface area contributed by atoms with E-state index >= 15 is 0 Å². The summed E-state index contributed by atoms with van der Waals surface area (Å²) in [6.07, 6.45) is 4.51. The molecule has 1 aromatic carbocycles. The third-order valence-electron chi connectivity index (χ3n) is 2.87. The first-order valence-electron chi connectivity index (χ1n) is 4.82. The Hall–Kier alpha value is -2.10. The number of aromatic nitrogens is 2. The molecule has 0 radical (unpaired) electrons. The van der Waals surface area contributed by atoms with Crippen molar-refractivity contribution in [1.29, 1.82) is 0 Å². The van der Waals surface area contributed by atoms with Gasteiger partial charge in [0.2, 0.25) is 0 Å². The van der Waals surface area contributed by atoms with Crippen molar-refractivity contribution in [1.82, 2.24) is 9.97 Å². The van der Waals surface area contributed by atoms with Crippen molar-refractivity contribution in [3.63, 3.8) is 0 Å². The SMILES string of the molecule is C1=C2N=Nc3ccc4ncnc(c4c32)C1. The minimum absolute atomic E-state index is 0.823. The number of hydrogen-bond donors (Lipinski definition) is 0. The first-order valence-corrected chi connectivity index (χ1v) is 4.82. The fourth-order valence-corrected chi connectivity index (χ4v) is 2.20. The Balaban J connectivity index is 2.32. The molecule has 1 aromatic heterocycles. The van der Waals surface area contributed by atoms with Gasteiger partial charge in [-0.05, 0) is 12.1 Å². The van der Waals surface area contributed by atoms with E-state index in [0.717, 1.165) is 40.0 Å². The molecule has 0 spiro atoms. The van der Waals surface area contributed by atoms with E-state index in [1.807, 2.05) is 12.1 Å². The molecule has 4 heteroatoms. The molecule has 70 valence electrons. The molecule has 15 heavy (non-hydrogen) atoms. The van der Waals surface area contributed by atoms with Crippen LogP contribution < -0.4 is 0 Å². The van der Waals surface area contributed by atoms with Gasteiger partial charge in [-0.25, -0.2) is 9.97 Å². The maximum Gasteiger partial charge on any atom is 0.116 e. The second-order valence-electron chi connectivity index (χ2n) is 3.67. The van der Waals surface area contributed by atoms with Crippen LogP contribution in [0.25, 0.3) is 16.6 Å². The predicted octanol–water partition coefficient (Wildman–Crippen LogP) is 2.62. The molecule has 0 saturated heterocycles. The van der Waals surface area contributed by atoms with Crippen molar-refractivity contribution in [2.75, 3.05) is 0 Å². The van der Waals surface area contributed by atoms with E-state index in [9.17, 15) is 0 Å². The lowest BCUT2D eigenvalue weighted by Gasteiger charge is -2.11. The van der Waals surface area contributed by atoms with E-state index in [2.05, 4.69) is 26.3 Å². The summed E-state index contributed by atoms with van der Waals surface area (Å²) >= 11 is 0. The first-order chi connectivity index (χ1) is 7.43. The summed E-state index contributed by atoms with van der Waals surface area (Å²) in [5, 5.41) is 9.41. The fraction of sp³-hybridized carbons (Fsp3) is 0.0909. The third kappa shape index (κ3) is 0.771. The zero-order valence-electron chi connectivity index (χ0n) is 7.81. The van der Waals surface area contributed by atoms with Gasteiger partial charge in [0.25, 0.3) is 0 Å². The highest BCUT2D eigenvalue weighted by Gasteiger charge is 2.23. The number of nitrogens with zero attached hydrogens (tertiary/aromatic N) is 4. The normalized spacial score (nSPS) is 15.9. The lowest BCUT2D eigenvalue weighted by Crippen LogP contribution is -1.99. The zero-order chi connectivity index (χ0) is 9.83. The molecule has 4 nitrogen and oxygen atoms in total. The summed E-state index contributed by atoms with van der Waals surface area (Å²) in [5.41, 5.74) is 5.07. The van der Waals surface area contributed by atoms with Crippen molar-refractivity contribution in [2.45, 2.75) is 6.42 Å². The minimum atomic E-state index is 0.823. The molecule has 0 atom stereocenters. The largest absolute Gasteiger partial charge is 0.240 e. The molecule has 2 aromatic rings. The van der Waals surface area contributed by atoms with Crippen LogP contribution in [0.3, 0.4) is 0 Å². The Morgan fingerprint density at radius 1 is 1.07 bits per heavy atom. The second kappa shape index (κ2) is 2.28. The maximum atomic E-state index is 4.30. The van der Waals surface area contributed by atoms with Crippen LogP contribution in [0.2, 0.25) is 0 Å². The highest BCUT2D eigenvalue weighted by Crippen LogP contribution is 2.42. The van der Waals surface area contributed by atoms with Gasteiger partial charge in [0.15, 0.2) is 0 Å². The van der Waals surface area contributed by atoms with E-state index < -0.39 is 0 Å². The fourth-order valence-electron chi connectivity index (χ4n) is 2.20. The van der Waals surface area contributed by atoms with E-state index in [0.29, 0.717) is 0 Å². The van der Waals surface area contributed by atoms with Crippen LogP contribution in [-0.2, 0) is 6.42 Å². The van der Waals surface area contributed by atoms with Crippen molar-refractivity contribution >= 4 is 22.3 Å². The third-order valence-corrected chi connectivity index (χ3v) is 2.87.